The molecule has 0 saturated carbocycles. The Labute approximate surface area is 120 Å². The van der Waals surface area contributed by atoms with Gasteiger partial charge in [-0.15, -0.1) is 0 Å². The first-order valence-electron chi connectivity index (χ1n) is 5.71. The summed E-state index contributed by atoms with van der Waals surface area (Å²) in [5.74, 6) is -0.0448. The van der Waals surface area contributed by atoms with E-state index in [1.54, 1.807) is 6.07 Å². The molecule has 0 bridgehead atoms. The van der Waals surface area contributed by atoms with E-state index in [9.17, 15) is 4.79 Å². The first kappa shape index (κ1) is 13.3. The minimum Gasteiger partial charge on any atom is -0.289 e. The van der Waals surface area contributed by atoms with Crippen LogP contribution in [0.3, 0.4) is 0 Å². The average Bonchev–Trinajstić information content (AvgIpc) is 2.41. The number of benzene rings is 2. The van der Waals surface area contributed by atoms with Gasteiger partial charge in [0.1, 0.15) is 0 Å². The normalized spacial score (nSPS) is 10.4. The molecule has 92 valence electrons. The van der Waals surface area contributed by atoms with Crippen molar-refractivity contribution in [1.29, 1.82) is 0 Å². The predicted molar refractivity (Wildman–Crippen MR) is 78.4 cm³/mol. The lowest BCUT2D eigenvalue weighted by molar-refractivity contribution is 0.103. The van der Waals surface area contributed by atoms with Crippen LogP contribution in [0, 0.1) is 0 Å². The molecule has 2 aromatic carbocycles. The Kier molecular flexibility index (Phi) is 4.20. The Morgan fingerprint density at radius 3 is 2.67 bits per heavy atom. The van der Waals surface area contributed by atoms with E-state index in [-0.39, 0.29) is 5.78 Å². The molecule has 0 atom stereocenters. The monoisotopic (exact) mass is 322 g/mol. The maximum atomic E-state index is 12.4. The number of hydrogen-bond acceptors (Lipinski definition) is 1. The highest BCUT2D eigenvalue weighted by Crippen LogP contribution is 2.27. The van der Waals surface area contributed by atoms with E-state index in [0.29, 0.717) is 16.1 Å². The molecule has 1 nitrogen and oxygen atoms in total. The lowest BCUT2D eigenvalue weighted by Gasteiger charge is -2.06. The summed E-state index contributed by atoms with van der Waals surface area (Å²) in [5, 5.41) is 0.462. The zero-order valence-corrected chi connectivity index (χ0v) is 12.3. The molecule has 0 spiro atoms. The second-order valence-electron chi connectivity index (χ2n) is 3.98. The second-order valence-corrected chi connectivity index (χ2v) is 5.22. The minimum atomic E-state index is -0.0448. The minimum absolute atomic E-state index is 0.0448. The number of rotatable bonds is 3. The van der Waals surface area contributed by atoms with Crippen LogP contribution in [-0.2, 0) is 6.42 Å². The van der Waals surface area contributed by atoms with Gasteiger partial charge < -0.3 is 0 Å². The van der Waals surface area contributed by atoms with E-state index in [2.05, 4.69) is 22.9 Å². The Balaban J connectivity index is 2.44. The average molecular weight is 324 g/mol. The lowest BCUT2D eigenvalue weighted by atomic mass is 10.0. The highest BCUT2D eigenvalue weighted by Gasteiger charge is 2.14. The van der Waals surface area contributed by atoms with Crippen LogP contribution in [0.2, 0.25) is 5.02 Å². The van der Waals surface area contributed by atoms with Gasteiger partial charge in [-0.2, -0.15) is 0 Å². The van der Waals surface area contributed by atoms with Crippen molar-refractivity contribution in [2.45, 2.75) is 13.3 Å². The van der Waals surface area contributed by atoms with Gasteiger partial charge in [0, 0.05) is 15.6 Å². The molecule has 0 fully saturated rings. The molecule has 2 rings (SSSR count). The summed E-state index contributed by atoms with van der Waals surface area (Å²) in [6.07, 6.45) is 0.910. The van der Waals surface area contributed by atoms with Crippen LogP contribution >= 0.6 is 27.5 Å². The highest BCUT2D eigenvalue weighted by atomic mass is 79.9. The fourth-order valence-electron chi connectivity index (χ4n) is 1.77. The molecule has 18 heavy (non-hydrogen) atoms. The summed E-state index contributed by atoms with van der Waals surface area (Å²) in [6.45, 7) is 2.07. The van der Waals surface area contributed by atoms with Gasteiger partial charge in [-0.3, -0.25) is 4.79 Å². The molecule has 0 unspecified atom stereocenters. The Bertz CT molecular complexity index is 593. The van der Waals surface area contributed by atoms with Crippen LogP contribution in [0.1, 0.15) is 28.4 Å². The van der Waals surface area contributed by atoms with Crippen molar-refractivity contribution in [3.05, 3.63) is 68.7 Å². The molecule has 0 N–H and O–H groups in total. The molecular formula is C15H12BrClO. The zero-order valence-electron chi connectivity index (χ0n) is 9.91. The number of aryl methyl sites for hydroxylation is 1. The SMILES string of the molecule is CCc1cccc(C(=O)c2cccc(Br)c2Cl)c1. The van der Waals surface area contributed by atoms with Gasteiger partial charge in [0.15, 0.2) is 5.78 Å². The van der Waals surface area contributed by atoms with E-state index >= 15 is 0 Å². The number of carbonyl (C=O) groups is 1. The van der Waals surface area contributed by atoms with E-state index in [4.69, 9.17) is 11.6 Å². The Morgan fingerprint density at radius 2 is 1.94 bits per heavy atom. The maximum absolute atomic E-state index is 12.4. The maximum Gasteiger partial charge on any atom is 0.194 e. The van der Waals surface area contributed by atoms with Gasteiger partial charge in [-0.1, -0.05) is 42.8 Å². The van der Waals surface area contributed by atoms with Crippen molar-refractivity contribution < 1.29 is 4.79 Å². The van der Waals surface area contributed by atoms with Gasteiger partial charge in [-0.25, -0.2) is 0 Å². The van der Waals surface area contributed by atoms with E-state index in [1.807, 2.05) is 36.4 Å². The van der Waals surface area contributed by atoms with Crippen LogP contribution in [0.25, 0.3) is 0 Å². The van der Waals surface area contributed by atoms with Crippen molar-refractivity contribution in [1.82, 2.24) is 0 Å². The molecule has 0 aliphatic carbocycles. The molecule has 0 saturated heterocycles. The number of hydrogen-bond donors (Lipinski definition) is 0. The number of halogens is 2. The van der Waals surface area contributed by atoms with E-state index < -0.39 is 0 Å². The van der Waals surface area contributed by atoms with Crippen LogP contribution in [0.15, 0.2) is 46.9 Å². The van der Waals surface area contributed by atoms with Gasteiger partial charge in [0.05, 0.1) is 5.02 Å². The van der Waals surface area contributed by atoms with Gasteiger partial charge in [-0.05, 0) is 46.1 Å². The summed E-state index contributed by atoms with van der Waals surface area (Å²) < 4.78 is 0.738. The van der Waals surface area contributed by atoms with Gasteiger partial charge in [0.25, 0.3) is 0 Å². The van der Waals surface area contributed by atoms with Crippen LogP contribution < -0.4 is 0 Å². The second kappa shape index (κ2) is 5.68. The molecule has 0 aromatic heterocycles. The quantitative estimate of drug-likeness (QED) is 0.735. The summed E-state index contributed by atoms with van der Waals surface area (Å²) in [7, 11) is 0. The third-order valence-electron chi connectivity index (χ3n) is 2.79. The topological polar surface area (TPSA) is 17.1 Å². The molecular weight excluding hydrogens is 312 g/mol. The summed E-state index contributed by atoms with van der Waals surface area (Å²) >= 11 is 9.47. The smallest absolute Gasteiger partial charge is 0.194 e. The van der Waals surface area contributed by atoms with Gasteiger partial charge >= 0.3 is 0 Å². The fraction of sp³-hybridized carbons (Fsp3) is 0.133. The van der Waals surface area contributed by atoms with Crippen molar-refractivity contribution >= 4 is 33.3 Å². The zero-order chi connectivity index (χ0) is 13.1. The number of ketones is 1. The van der Waals surface area contributed by atoms with Crippen molar-refractivity contribution in [3.8, 4) is 0 Å². The summed E-state index contributed by atoms with van der Waals surface area (Å²) in [6, 6.07) is 13.0. The standard InChI is InChI=1S/C15H12BrClO/c1-2-10-5-3-6-11(9-10)15(18)12-7-4-8-13(16)14(12)17/h3-9H,2H2,1H3. The van der Waals surface area contributed by atoms with Crippen molar-refractivity contribution in [2.75, 3.05) is 0 Å². The molecule has 3 heteroatoms. The Hall–Kier alpha value is -1.12. The van der Waals surface area contributed by atoms with Gasteiger partial charge in [0.2, 0.25) is 0 Å². The predicted octanol–water partition coefficient (Wildman–Crippen LogP) is 4.90. The lowest BCUT2D eigenvalue weighted by Crippen LogP contribution is -2.03. The summed E-state index contributed by atoms with van der Waals surface area (Å²) in [4.78, 5) is 12.4. The van der Waals surface area contributed by atoms with E-state index in [0.717, 1.165) is 16.5 Å². The molecule has 0 amide bonds. The molecule has 0 heterocycles. The highest BCUT2D eigenvalue weighted by molar-refractivity contribution is 9.10. The van der Waals surface area contributed by atoms with Crippen LogP contribution in [0.5, 0.6) is 0 Å². The molecule has 0 aliphatic rings. The molecule has 0 aliphatic heterocycles. The number of carbonyl (C=O) groups excluding carboxylic acids is 1. The summed E-state index contributed by atoms with van der Waals surface area (Å²) in [5.41, 5.74) is 2.35. The van der Waals surface area contributed by atoms with Crippen LogP contribution in [0.4, 0.5) is 0 Å². The Morgan fingerprint density at radius 1 is 1.22 bits per heavy atom. The third-order valence-corrected chi connectivity index (χ3v) is 4.09. The van der Waals surface area contributed by atoms with Crippen molar-refractivity contribution in [3.63, 3.8) is 0 Å². The first-order valence-corrected chi connectivity index (χ1v) is 6.88. The largest absolute Gasteiger partial charge is 0.289 e. The first-order chi connectivity index (χ1) is 8.63. The van der Waals surface area contributed by atoms with Crippen molar-refractivity contribution in [2.24, 2.45) is 0 Å². The molecule has 2 aromatic rings. The third kappa shape index (κ3) is 2.65. The molecule has 0 radical (unpaired) electrons. The van der Waals surface area contributed by atoms with E-state index in [1.165, 1.54) is 0 Å². The fourth-order valence-corrected chi connectivity index (χ4v) is 2.35. The van der Waals surface area contributed by atoms with Crippen LogP contribution in [-0.4, -0.2) is 5.78 Å².